The third-order valence-electron chi connectivity index (χ3n) is 2.99. The van der Waals surface area contributed by atoms with Gasteiger partial charge in [0, 0.05) is 25.0 Å². The molecule has 0 bridgehead atoms. The van der Waals surface area contributed by atoms with E-state index in [9.17, 15) is 4.79 Å². The lowest BCUT2D eigenvalue weighted by Gasteiger charge is -2.01. The van der Waals surface area contributed by atoms with Crippen molar-refractivity contribution in [3.8, 4) is 17.1 Å². The minimum Gasteiger partial charge on any atom is -0.338 e. The summed E-state index contributed by atoms with van der Waals surface area (Å²) in [5.41, 5.74) is 6.92. The molecule has 20 heavy (non-hydrogen) atoms. The van der Waals surface area contributed by atoms with Crippen LogP contribution in [0.25, 0.3) is 17.1 Å². The largest absolute Gasteiger partial charge is 0.338 e. The molecule has 3 rings (SSSR count). The van der Waals surface area contributed by atoms with Gasteiger partial charge in [0.15, 0.2) is 0 Å². The summed E-state index contributed by atoms with van der Waals surface area (Å²) in [6.45, 7) is 0.213. The molecule has 102 valence electrons. The minimum atomic E-state index is -0.0947. The molecule has 0 spiro atoms. The molecule has 0 radical (unpaired) electrons. The Morgan fingerprint density at radius 3 is 2.55 bits per heavy atom. The van der Waals surface area contributed by atoms with Crippen LogP contribution < -0.4 is 11.4 Å². The van der Waals surface area contributed by atoms with Crippen molar-refractivity contribution in [3.05, 3.63) is 53.0 Å². The van der Waals surface area contributed by atoms with E-state index in [4.69, 9.17) is 10.3 Å². The highest BCUT2D eigenvalue weighted by molar-refractivity contribution is 5.56. The average Bonchev–Trinajstić information content (AvgIpc) is 3.08. The lowest BCUT2D eigenvalue weighted by atomic mass is 10.2. The van der Waals surface area contributed by atoms with Gasteiger partial charge < -0.3 is 14.8 Å². The van der Waals surface area contributed by atoms with Crippen LogP contribution in [0, 0.1) is 0 Å². The standard InChI is InChI=1S/C13H13N5O2/c1-17-6-7-18(13(17)19)10-4-2-9(3-5-10)12-15-11(8-14)20-16-12/h2-7H,8,14H2,1H3. The molecular weight excluding hydrogens is 258 g/mol. The second-order valence-electron chi connectivity index (χ2n) is 4.32. The summed E-state index contributed by atoms with van der Waals surface area (Å²) < 4.78 is 8.04. The smallest absolute Gasteiger partial charge is 0.332 e. The summed E-state index contributed by atoms with van der Waals surface area (Å²) in [5.74, 6) is 0.876. The number of imidazole rings is 1. The molecule has 0 aliphatic heterocycles. The molecule has 1 aromatic carbocycles. The van der Waals surface area contributed by atoms with Gasteiger partial charge in [0.1, 0.15) is 0 Å². The Labute approximate surface area is 114 Å². The number of hydrogen-bond acceptors (Lipinski definition) is 5. The zero-order chi connectivity index (χ0) is 14.1. The highest BCUT2D eigenvalue weighted by Crippen LogP contribution is 2.17. The average molecular weight is 271 g/mol. The number of hydrogen-bond donors (Lipinski definition) is 1. The van der Waals surface area contributed by atoms with E-state index in [0.717, 1.165) is 11.3 Å². The van der Waals surface area contributed by atoms with Crippen molar-refractivity contribution in [2.75, 3.05) is 0 Å². The van der Waals surface area contributed by atoms with Gasteiger partial charge in [0.05, 0.1) is 12.2 Å². The molecule has 0 atom stereocenters. The van der Waals surface area contributed by atoms with Gasteiger partial charge in [-0.05, 0) is 24.3 Å². The molecule has 7 nitrogen and oxygen atoms in total. The van der Waals surface area contributed by atoms with Crippen LogP contribution in [0.1, 0.15) is 5.89 Å². The fourth-order valence-electron chi connectivity index (χ4n) is 1.89. The lowest BCUT2D eigenvalue weighted by molar-refractivity contribution is 0.380. The van der Waals surface area contributed by atoms with Crippen LogP contribution in [-0.4, -0.2) is 19.3 Å². The Morgan fingerprint density at radius 2 is 2.00 bits per heavy atom. The molecule has 0 aliphatic rings. The predicted molar refractivity (Wildman–Crippen MR) is 72.2 cm³/mol. The summed E-state index contributed by atoms with van der Waals surface area (Å²) in [4.78, 5) is 16.0. The Hall–Kier alpha value is -2.67. The first-order chi connectivity index (χ1) is 9.69. The summed E-state index contributed by atoms with van der Waals surface area (Å²) in [6.07, 6.45) is 3.43. The molecule has 0 saturated carbocycles. The number of aromatic nitrogens is 4. The molecule has 3 aromatic rings. The molecule has 0 saturated heterocycles. The van der Waals surface area contributed by atoms with Crippen LogP contribution in [0.5, 0.6) is 0 Å². The van der Waals surface area contributed by atoms with Gasteiger partial charge in [-0.1, -0.05) is 5.16 Å². The van der Waals surface area contributed by atoms with Crippen LogP contribution >= 0.6 is 0 Å². The number of rotatable bonds is 3. The number of aryl methyl sites for hydroxylation is 1. The van der Waals surface area contributed by atoms with Gasteiger partial charge in [0.25, 0.3) is 0 Å². The molecule has 0 fully saturated rings. The van der Waals surface area contributed by atoms with Crippen molar-refractivity contribution in [1.82, 2.24) is 19.3 Å². The topological polar surface area (TPSA) is 91.9 Å². The van der Waals surface area contributed by atoms with Gasteiger partial charge >= 0.3 is 5.69 Å². The first-order valence-electron chi connectivity index (χ1n) is 6.06. The Bertz CT molecular complexity index is 782. The first-order valence-corrected chi connectivity index (χ1v) is 6.06. The molecule has 0 unspecified atom stereocenters. The lowest BCUT2D eigenvalue weighted by Crippen LogP contribution is -2.20. The van der Waals surface area contributed by atoms with Crippen LogP contribution in [0.4, 0.5) is 0 Å². The summed E-state index contributed by atoms with van der Waals surface area (Å²) in [6, 6.07) is 7.32. The van der Waals surface area contributed by atoms with E-state index in [2.05, 4.69) is 10.1 Å². The number of nitrogens with zero attached hydrogens (tertiary/aromatic N) is 4. The highest BCUT2D eigenvalue weighted by Gasteiger charge is 2.08. The summed E-state index contributed by atoms with van der Waals surface area (Å²) >= 11 is 0. The second-order valence-corrected chi connectivity index (χ2v) is 4.32. The molecule has 0 aliphatic carbocycles. The zero-order valence-corrected chi connectivity index (χ0v) is 10.9. The maximum absolute atomic E-state index is 11.8. The quantitative estimate of drug-likeness (QED) is 0.756. The first kappa shape index (κ1) is 12.4. The van der Waals surface area contributed by atoms with Crippen LogP contribution in [0.15, 0.2) is 46.0 Å². The predicted octanol–water partition coefficient (Wildman–Crippen LogP) is 0.685. The van der Waals surface area contributed by atoms with E-state index in [1.165, 1.54) is 4.57 Å². The van der Waals surface area contributed by atoms with E-state index in [0.29, 0.717) is 11.7 Å². The zero-order valence-electron chi connectivity index (χ0n) is 10.9. The highest BCUT2D eigenvalue weighted by atomic mass is 16.5. The number of benzene rings is 1. The monoisotopic (exact) mass is 271 g/mol. The molecule has 2 heterocycles. The van der Waals surface area contributed by atoms with Crippen LogP contribution in [0.2, 0.25) is 0 Å². The third-order valence-corrected chi connectivity index (χ3v) is 2.99. The molecule has 2 N–H and O–H groups in total. The second kappa shape index (κ2) is 4.78. The molecule has 0 amide bonds. The normalized spacial score (nSPS) is 10.9. The van der Waals surface area contributed by atoms with Crippen molar-refractivity contribution < 1.29 is 4.52 Å². The van der Waals surface area contributed by atoms with Gasteiger partial charge in [-0.25, -0.2) is 4.79 Å². The van der Waals surface area contributed by atoms with Crippen molar-refractivity contribution in [2.24, 2.45) is 12.8 Å². The van der Waals surface area contributed by atoms with E-state index in [-0.39, 0.29) is 12.2 Å². The van der Waals surface area contributed by atoms with Crippen LogP contribution in [0.3, 0.4) is 0 Å². The van der Waals surface area contributed by atoms with Crippen molar-refractivity contribution in [2.45, 2.75) is 6.54 Å². The van der Waals surface area contributed by atoms with Gasteiger partial charge in [0.2, 0.25) is 11.7 Å². The maximum Gasteiger partial charge on any atom is 0.332 e. The molecule has 7 heteroatoms. The summed E-state index contributed by atoms with van der Waals surface area (Å²) in [7, 11) is 1.71. The van der Waals surface area contributed by atoms with Crippen LogP contribution in [-0.2, 0) is 13.6 Å². The maximum atomic E-state index is 11.8. The summed E-state index contributed by atoms with van der Waals surface area (Å²) in [5, 5.41) is 3.84. The number of nitrogens with two attached hydrogens (primary N) is 1. The Balaban J connectivity index is 1.95. The fraction of sp³-hybridized carbons (Fsp3) is 0.154. The Kier molecular flexibility index (Phi) is 2.96. The van der Waals surface area contributed by atoms with E-state index in [1.54, 1.807) is 24.0 Å². The van der Waals surface area contributed by atoms with Crippen molar-refractivity contribution in [3.63, 3.8) is 0 Å². The van der Waals surface area contributed by atoms with E-state index < -0.39 is 0 Å². The van der Waals surface area contributed by atoms with Crippen molar-refractivity contribution >= 4 is 0 Å². The SMILES string of the molecule is Cn1ccn(-c2ccc(-c3noc(CN)n3)cc2)c1=O. The van der Waals surface area contributed by atoms with E-state index >= 15 is 0 Å². The third kappa shape index (κ3) is 2.04. The van der Waals surface area contributed by atoms with Crippen molar-refractivity contribution in [1.29, 1.82) is 0 Å². The van der Waals surface area contributed by atoms with E-state index in [1.807, 2.05) is 24.3 Å². The fourth-order valence-corrected chi connectivity index (χ4v) is 1.89. The minimum absolute atomic E-state index is 0.0947. The van der Waals surface area contributed by atoms with Gasteiger partial charge in [-0.15, -0.1) is 0 Å². The molecule has 2 aromatic heterocycles. The van der Waals surface area contributed by atoms with Gasteiger partial charge in [-0.2, -0.15) is 4.98 Å². The molecular formula is C13H13N5O2. The van der Waals surface area contributed by atoms with Gasteiger partial charge in [-0.3, -0.25) is 4.57 Å². The Morgan fingerprint density at radius 1 is 1.25 bits per heavy atom.